The van der Waals surface area contributed by atoms with E-state index in [2.05, 4.69) is 15.2 Å². The Bertz CT molecular complexity index is 405. The predicted octanol–water partition coefficient (Wildman–Crippen LogP) is 0.0264. The zero-order chi connectivity index (χ0) is 12.4. The summed E-state index contributed by atoms with van der Waals surface area (Å²) in [5.41, 5.74) is 5.38. The number of nitrogen functional groups attached to an aromatic ring is 1. The van der Waals surface area contributed by atoms with Gasteiger partial charge in [-0.1, -0.05) is 0 Å². The van der Waals surface area contributed by atoms with Gasteiger partial charge in [0.2, 0.25) is 11.8 Å². The molecule has 0 aromatic carbocycles. The van der Waals surface area contributed by atoms with Gasteiger partial charge in [0.05, 0.1) is 6.10 Å². The minimum Gasteiger partial charge on any atom is -0.381 e. The molecular weight excluding hydrogens is 222 g/mol. The second-order valence-corrected chi connectivity index (χ2v) is 4.27. The maximum Gasteiger partial charge on any atom is 0.291 e. The van der Waals surface area contributed by atoms with Crippen LogP contribution in [0, 0.1) is 0 Å². The zero-order valence-corrected chi connectivity index (χ0v) is 10.0. The van der Waals surface area contributed by atoms with Crippen LogP contribution in [0.2, 0.25) is 0 Å². The van der Waals surface area contributed by atoms with Crippen molar-refractivity contribution in [2.75, 3.05) is 19.4 Å². The highest BCUT2D eigenvalue weighted by Gasteiger charge is 2.30. The fourth-order valence-electron chi connectivity index (χ4n) is 2.15. The summed E-state index contributed by atoms with van der Waals surface area (Å²) >= 11 is 0. The van der Waals surface area contributed by atoms with Crippen molar-refractivity contribution in [1.29, 1.82) is 0 Å². The van der Waals surface area contributed by atoms with Crippen molar-refractivity contribution < 1.29 is 9.53 Å². The normalized spacial score (nSPS) is 24.9. The lowest BCUT2D eigenvalue weighted by molar-refractivity contribution is 0.0154. The number of H-pyrrole nitrogens is 1. The van der Waals surface area contributed by atoms with Crippen molar-refractivity contribution in [3.8, 4) is 0 Å². The molecule has 2 rings (SSSR count). The third kappa shape index (κ3) is 2.38. The molecular formula is C10H17N5O2. The number of piperidine rings is 1. The number of aromatic amines is 1. The van der Waals surface area contributed by atoms with Gasteiger partial charge in [-0.15, -0.1) is 5.10 Å². The summed E-state index contributed by atoms with van der Waals surface area (Å²) < 4.78 is 5.31. The minimum atomic E-state index is -0.156. The van der Waals surface area contributed by atoms with Crippen molar-refractivity contribution in [1.82, 2.24) is 20.1 Å². The van der Waals surface area contributed by atoms with Gasteiger partial charge in [0.25, 0.3) is 5.91 Å². The molecule has 94 valence electrons. The van der Waals surface area contributed by atoms with Gasteiger partial charge in [-0.3, -0.25) is 9.89 Å². The van der Waals surface area contributed by atoms with E-state index in [0.717, 1.165) is 12.8 Å². The first-order valence-electron chi connectivity index (χ1n) is 5.63. The Balaban J connectivity index is 2.06. The molecule has 2 heterocycles. The number of nitrogens with one attached hydrogen (secondary N) is 1. The third-order valence-electron chi connectivity index (χ3n) is 3.13. The van der Waals surface area contributed by atoms with E-state index in [1.54, 1.807) is 12.0 Å². The fourth-order valence-corrected chi connectivity index (χ4v) is 2.15. The van der Waals surface area contributed by atoms with Crippen LogP contribution in [0.3, 0.4) is 0 Å². The number of likely N-dealkylation sites (tertiary alicyclic amines) is 1. The van der Waals surface area contributed by atoms with Gasteiger partial charge in [-0.05, 0) is 19.8 Å². The van der Waals surface area contributed by atoms with Crippen LogP contribution in [0.4, 0.5) is 5.95 Å². The number of carbonyl (C=O) groups is 1. The minimum absolute atomic E-state index is 0.0905. The molecule has 1 aliphatic heterocycles. The number of anilines is 1. The molecule has 7 nitrogen and oxygen atoms in total. The smallest absolute Gasteiger partial charge is 0.291 e. The lowest BCUT2D eigenvalue weighted by atomic mass is 10.0. The average Bonchev–Trinajstić information content (AvgIpc) is 2.75. The van der Waals surface area contributed by atoms with Crippen LogP contribution in [0.5, 0.6) is 0 Å². The third-order valence-corrected chi connectivity index (χ3v) is 3.13. The van der Waals surface area contributed by atoms with Crippen LogP contribution >= 0.6 is 0 Å². The SMILES string of the molecule is COC1CCN(C(=O)c2nc(N)n[nH]2)C(C)C1. The van der Waals surface area contributed by atoms with E-state index in [1.165, 1.54) is 0 Å². The fraction of sp³-hybridized carbons (Fsp3) is 0.700. The Morgan fingerprint density at radius 1 is 1.65 bits per heavy atom. The Morgan fingerprint density at radius 2 is 2.41 bits per heavy atom. The van der Waals surface area contributed by atoms with Gasteiger partial charge in [-0.25, -0.2) is 0 Å². The van der Waals surface area contributed by atoms with E-state index in [4.69, 9.17) is 10.5 Å². The van der Waals surface area contributed by atoms with E-state index < -0.39 is 0 Å². The second kappa shape index (κ2) is 4.70. The second-order valence-electron chi connectivity index (χ2n) is 4.27. The zero-order valence-electron chi connectivity index (χ0n) is 10.0. The van der Waals surface area contributed by atoms with Gasteiger partial charge in [0.15, 0.2) is 0 Å². The number of aromatic nitrogens is 3. The highest BCUT2D eigenvalue weighted by molar-refractivity contribution is 5.91. The number of carbonyl (C=O) groups excluding carboxylic acids is 1. The van der Waals surface area contributed by atoms with E-state index in [9.17, 15) is 4.79 Å². The first kappa shape index (κ1) is 11.8. The quantitative estimate of drug-likeness (QED) is 0.758. The van der Waals surface area contributed by atoms with E-state index in [0.29, 0.717) is 6.54 Å². The molecule has 0 spiro atoms. The Morgan fingerprint density at radius 3 is 2.94 bits per heavy atom. The van der Waals surface area contributed by atoms with Gasteiger partial charge in [0, 0.05) is 19.7 Å². The van der Waals surface area contributed by atoms with Crippen LogP contribution in [0.25, 0.3) is 0 Å². The number of amides is 1. The van der Waals surface area contributed by atoms with Crippen LogP contribution in [0.1, 0.15) is 30.4 Å². The van der Waals surface area contributed by atoms with Crippen molar-refractivity contribution in [3.63, 3.8) is 0 Å². The predicted molar refractivity (Wildman–Crippen MR) is 61.3 cm³/mol. The molecule has 3 N–H and O–H groups in total. The Kier molecular flexibility index (Phi) is 3.28. The van der Waals surface area contributed by atoms with Gasteiger partial charge < -0.3 is 15.4 Å². The summed E-state index contributed by atoms with van der Waals surface area (Å²) in [6.07, 6.45) is 1.91. The Labute approximate surface area is 99.3 Å². The van der Waals surface area contributed by atoms with Crippen LogP contribution < -0.4 is 5.73 Å². The molecule has 0 bridgehead atoms. The van der Waals surface area contributed by atoms with Crippen LogP contribution in [-0.2, 0) is 4.74 Å². The molecule has 1 saturated heterocycles. The lowest BCUT2D eigenvalue weighted by Crippen LogP contribution is -2.46. The Hall–Kier alpha value is -1.63. The molecule has 1 fully saturated rings. The van der Waals surface area contributed by atoms with Crippen LogP contribution in [-0.4, -0.2) is 51.8 Å². The van der Waals surface area contributed by atoms with Gasteiger partial charge in [0.1, 0.15) is 0 Å². The highest BCUT2D eigenvalue weighted by Crippen LogP contribution is 2.20. The van der Waals surface area contributed by atoms with E-state index in [1.807, 2.05) is 6.92 Å². The first-order valence-corrected chi connectivity index (χ1v) is 5.63. The monoisotopic (exact) mass is 239 g/mol. The number of hydrogen-bond acceptors (Lipinski definition) is 5. The molecule has 0 saturated carbocycles. The average molecular weight is 239 g/mol. The number of ether oxygens (including phenoxy) is 1. The largest absolute Gasteiger partial charge is 0.381 e. The summed E-state index contributed by atoms with van der Waals surface area (Å²) in [6, 6.07) is 0.132. The summed E-state index contributed by atoms with van der Waals surface area (Å²) in [6.45, 7) is 2.67. The maximum atomic E-state index is 12.1. The molecule has 1 amide bonds. The number of nitrogens with zero attached hydrogens (tertiary/aromatic N) is 3. The topological polar surface area (TPSA) is 97.1 Å². The summed E-state index contributed by atoms with van der Waals surface area (Å²) in [7, 11) is 1.70. The number of rotatable bonds is 2. The van der Waals surface area contributed by atoms with Crippen molar-refractivity contribution >= 4 is 11.9 Å². The molecule has 1 aliphatic rings. The van der Waals surface area contributed by atoms with Gasteiger partial charge in [-0.2, -0.15) is 4.98 Å². The van der Waals surface area contributed by atoms with Crippen molar-refractivity contribution in [2.45, 2.75) is 31.9 Å². The maximum absolute atomic E-state index is 12.1. The van der Waals surface area contributed by atoms with E-state index in [-0.39, 0.29) is 29.8 Å². The molecule has 17 heavy (non-hydrogen) atoms. The van der Waals surface area contributed by atoms with Crippen molar-refractivity contribution in [2.24, 2.45) is 0 Å². The molecule has 1 aromatic heterocycles. The molecule has 2 unspecified atom stereocenters. The summed E-state index contributed by atoms with van der Waals surface area (Å²) in [5, 5.41) is 6.20. The van der Waals surface area contributed by atoms with E-state index >= 15 is 0 Å². The molecule has 2 atom stereocenters. The summed E-state index contributed by atoms with van der Waals surface area (Å²) in [4.78, 5) is 17.7. The first-order chi connectivity index (χ1) is 8.11. The number of hydrogen-bond donors (Lipinski definition) is 2. The molecule has 0 radical (unpaired) electrons. The lowest BCUT2D eigenvalue weighted by Gasteiger charge is -2.36. The van der Waals surface area contributed by atoms with Crippen molar-refractivity contribution in [3.05, 3.63) is 5.82 Å². The summed E-state index contributed by atoms with van der Waals surface area (Å²) in [5.74, 6) is 0.134. The van der Waals surface area contributed by atoms with Crippen LogP contribution in [0.15, 0.2) is 0 Å². The molecule has 0 aliphatic carbocycles. The molecule has 1 aromatic rings. The number of methoxy groups -OCH3 is 1. The number of nitrogens with two attached hydrogens (primary N) is 1. The van der Waals surface area contributed by atoms with Gasteiger partial charge >= 0.3 is 0 Å². The standard InChI is InChI=1S/C10H17N5O2/c1-6-5-7(17-2)3-4-15(6)9(16)8-12-10(11)14-13-8/h6-7H,3-5H2,1-2H3,(H3,11,12,13,14). The highest BCUT2D eigenvalue weighted by atomic mass is 16.5. The molecule has 7 heteroatoms.